The molecule has 0 bridgehead atoms. The zero-order valence-corrected chi connectivity index (χ0v) is 11.7. The zero-order chi connectivity index (χ0) is 12.5. The Hall–Kier alpha value is -0.970. The predicted octanol–water partition coefficient (Wildman–Crippen LogP) is 2.48. The third-order valence-corrected chi connectivity index (χ3v) is 4.59. The molecule has 1 N–H and O–H groups in total. The zero-order valence-electron chi connectivity index (χ0n) is 10.9. The van der Waals surface area contributed by atoms with Gasteiger partial charge in [0.2, 0.25) is 0 Å². The van der Waals surface area contributed by atoms with Crippen LogP contribution in [0, 0.1) is 0 Å². The number of hydrogen-bond donors (Lipinski definition) is 1. The van der Waals surface area contributed by atoms with Crippen molar-refractivity contribution in [2.75, 3.05) is 13.1 Å². The van der Waals surface area contributed by atoms with E-state index in [-0.39, 0.29) is 0 Å². The summed E-state index contributed by atoms with van der Waals surface area (Å²) in [4.78, 5) is 7.25. The Kier molecular flexibility index (Phi) is 3.33. The number of hydrogen-bond acceptors (Lipinski definition) is 4. The lowest BCUT2D eigenvalue weighted by Gasteiger charge is -2.36. The molecule has 0 amide bonds. The van der Waals surface area contributed by atoms with Crippen LogP contribution in [0.25, 0.3) is 10.2 Å². The van der Waals surface area contributed by atoms with Gasteiger partial charge in [0.05, 0.1) is 16.8 Å². The van der Waals surface area contributed by atoms with Crippen molar-refractivity contribution in [1.82, 2.24) is 15.2 Å². The molecule has 0 spiro atoms. The van der Waals surface area contributed by atoms with E-state index in [1.165, 1.54) is 9.71 Å². The summed E-state index contributed by atoms with van der Waals surface area (Å²) in [5.41, 5.74) is 1.13. The molecule has 2 unspecified atom stereocenters. The second-order valence-corrected chi connectivity index (χ2v) is 6.28. The van der Waals surface area contributed by atoms with E-state index >= 15 is 0 Å². The van der Waals surface area contributed by atoms with Crippen molar-refractivity contribution in [1.29, 1.82) is 0 Å². The minimum Gasteiger partial charge on any atom is -0.311 e. The van der Waals surface area contributed by atoms with Gasteiger partial charge >= 0.3 is 0 Å². The van der Waals surface area contributed by atoms with Gasteiger partial charge in [-0.3, -0.25) is 4.90 Å². The average Bonchev–Trinajstić information content (AvgIpc) is 2.76. The van der Waals surface area contributed by atoms with Crippen molar-refractivity contribution < 1.29 is 0 Å². The van der Waals surface area contributed by atoms with Gasteiger partial charge in [0, 0.05) is 25.2 Å². The number of nitrogens with one attached hydrogen (secondary N) is 1. The quantitative estimate of drug-likeness (QED) is 0.900. The second kappa shape index (κ2) is 4.96. The van der Waals surface area contributed by atoms with E-state index in [9.17, 15) is 0 Å². The van der Waals surface area contributed by atoms with Crippen molar-refractivity contribution in [2.24, 2.45) is 0 Å². The van der Waals surface area contributed by atoms with E-state index in [2.05, 4.69) is 48.3 Å². The number of aromatic nitrogens is 1. The molecule has 2 heterocycles. The van der Waals surface area contributed by atoms with Gasteiger partial charge in [-0.1, -0.05) is 12.1 Å². The minimum atomic E-state index is 0.579. The van der Waals surface area contributed by atoms with Crippen molar-refractivity contribution in [3.05, 3.63) is 29.3 Å². The molecule has 1 fully saturated rings. The van der Waals surface area contributed by atoms with Crippen molar-refractivity contribution >= 4 is 21.6 Å². The maximum atomic E-state index is 4.72. The Balaban J connectivity index is 1.78. The molecule has 0 aliphatic carbocycles. The fourth-order valence-corrected chi connectivity index (χ4v) is 3.47. The highest BCUT2D eigenvalue weighted by Gasteiger charge is 2.23. The summed E-state index contributed by atoms with van der Waals surface area (Å²) < 4.78 is 1.29. The van der Waals surface area contributed by atoms with Crippen LogP contribution in [0.15, 0.2) is 24.3 Å². The first kappa shape index (κ1) is 12.1. The molecule has 4 heteroatoms. The molecule has 3 nitrogen and oxygen atoms in total. The number of piperazine rings is 1. The summed E-state index contributed by atoms with van der Waals surface area (Å²) in [6.45, 7) is 7.69. The first-order valence-corrected chi connectivity index (χ1v) is 7.36. The first-order chi connectivity index (χ1) is 8.72. The van der Waals surface area contributed by atoms with Crippen LogP contribution in [0.2, 0.25) is 0 Å². The van der Waals surface area contributed by atoms with E-state index < -0.39 is 0 Å². The number of para-hydroxylation sites is 1. The maximum absolute atomic E-state index is 4.72. The predicted molar refractivity (Wildman–Crippen MR) is 77.0 cm³/mol. The number of thiazole rings is 1. The number of benzene rings is 1. The van der Waals surface area contributed by atoms with Crippen molar-refractivity contribution in [3.8, 4) is 0 Å². The standard InChI is InChI=1S/C14H19N3S/c1-10-8-17(11(2)7-15-10)9-14-16-12-5-3-4-6-13(12)18-14/h3-6,10-11,15H,7-9H2,1-2H3. The van der Waals surface area contributed by atoms with Gasteiger partial charge in [-0.05, 0) is 26.0 Å². The summed E-state index contributed by atoms with van der Waals surface area (Å²) in [5.74, 6) is 0. The normalized spacial score (nSPS) is 25.7. The Labute approximate surface area is 112 Å². The van der Waals surface area contributed by atoms with Gasteiger partial charge in [-0.2, -0.15) is 0 Å². The van der Waals surface area contributed by atoms with Gasteiger partial charge in [0.15, 0.2) is 0 Å². The van der Waals surface area contributed by atoms with E-state index in [1.807, 2.05) is 11.3 Å². The third kappa shape index (κ3) is 2.41. The third-order valence-electron chi connectivity index (χ3n) is 3.57. The molecule has 1 aromatic carbocycles. The molecule has 96 valence electrons. The van der Waals surface area contributed by atoms with Crippen molar-refractivity contribution in [2.45, 2.75) is 32.5 Å². The monoisotopic (exact) mass is 261 g/mol. The van der Waals surface area contributed by atoms with Gasteiger partial charge in [-0.25, -0.2) is 4.98 Å². The lowest BCUT2D eigenvalue weighted by molar-refractivity contribution is 0.139. The summed E-state index contributed by atoms with van der Waals surface area (Å²) >= 11 is 1.82. The molecule has 1 saturated heterocycles. The Morgan fingerprint density at radius 2 is 2.22 bits per heavy atom. The Morgan fingerprint density at radius 1 is 1.39 bits per heavy atom. The van der Waals surface area contributed by atoms with Crippen LogP contribution in [-0.4, -0.2) is 35.1 Å². The molecule has 1 aliphatic heterocycles. The van der Waals surface area contributed by atoms with Gasteiger partial charge in [-0.15, -0.1) is 11.3 Å². The average molecular weight is 261 g/mol. The van der Waals surface area contributed by atoms with E-state index in [0.717, 1.165) is 25.2 Å². The number of fused-ring (bicyclic) bond motifs is 1. The van der Waals surface area contributed by atoms with Crippen LogP contribution < -0.4 is 5.32 Å². The smallest absolute Gasteiger partial charge is 0.108 e. The molecule has 2 atom stereocenters. The van der Waals surface area contributed by atoms with Gasteiger partial charge < -0.3 is 5.32 Å². The first-order valence-electron chi connectivity index (χ1n) is 6.54. The lowest BCUT2D eigenvalue weighted by atomic mass is 10.1. The van der Waals surface area contributed by atoms with Gasteiger partial charge in [0.25, 0.3) is 0 Å². The SMILES string of the molecule is CC1CN(Cc2nc3ccccc3s2)C(C)CN1. The highest BCUT2D eigenvalue weighted by atomic mass is 32.1. The maximum Gasteiger partial charge on any atom is 0.108 e. The largest absolute Gasteiger partial charge is 0.311 e. The highest BCUT2D eigenvalue weighted by Crippen LogP contribution is 2.23. The molecular weight excluding hydrogens is 242 g/mol. The lowest BCUT2D eigenvalue weighted by Crippen LogP contribution is -2.53. The molecule has 0 saturated carbocycles. The van der Waals surface area contributed by atoms with Crippen molar-refractivity contribution in [3.63, 3.8) is 0 Å². The summed E-state index contributed by atoms with van der Waals surface area (Å²) in [6, 6.07) is 9.56. The molecule has 1 aliphatic rings. The molecule has 3 rings (SSSR count). The van der Waals surface area contributed by atoms with E-state index in [0.29, 0.717) is 12.1 Å². The fourth-order valence-electron chi connectivity index (χ4n) is 2.48. The van der Waals surface area contributed by atoms with Crippen LogP contribution in [-0.2, 0) is 6.54 Å². The molecule has 0 radical (unpaired) electrons. The molecule has 1 aromatic heterocycles. The fraction of sp³-hybridized carbons (Fsp3) is 0.500. The minimum absolute atomic E-state index is 0.579. The Bertz CT molecular complexity index is 504. The number of rotatable bonds is 2. The molecular formula is C14H19N3S. The van der Waals surface area contributed by atoms with Crippen LogP contribution >= 0.6 is 11.3 Å². The van der Waals surface area contributed by atoms with Crippen LogP contribution in [0.1, 0.15) is 18.9 Å². The van der Waals surface area contributed by atoms with Crippen LogP contribution in [0.3, 0.4) is 0 Å². The Morgan fingerprint density at radius 3 is 3.06 bits per heavy atom. The summed E-state index contributed by atoms with van der Waals surface area (Å²) in [6.07, 6.45) is 0. The van der Waals surface area contributed by atoms with Crippen LogP contribution in [0.5, 0.6) is 0 Å². The van der Waals surface area contributed by atoms with E-state index in [4.69, 9.17) is 4.98 Å². The molecule has 2 aromatic rings. The summed E-state index contributed by atoms with van der Waals surface area (Å²) in [7, 11) is 0. The topological polar surface area (TPSA) is 28.2 Å². The van der Waals surface area contributed by atoms with Crippen LogP contribution in [0.4, 0.5) is 0 Å². The second-order valence-electron chi connectivity index (χ2n) is 5.16. The summed E-state index contributed by atoms with van der Waals surface area (Å²) in [5, 5.41) is 4.75. The van der Waals surface area contributed by atoms with Gasteiger partial charge in [0.1, 0.15) is 5.01 Å². The number of nitrogens with zero attached hydrogens (tertiary/aromatic N) is 2. The van der Waals surface area contributed by atoms with E-state index in [1.54, 1.807) is 0 Å². The molecule has 18 heavy (non-hydrogen) atoms. The highest BCUT2D eigenvalue weighted by molar-refractivity contribution is 7.18.